The first kappa shape index (κ1) is 21.4. The van der Waals surface area contributed by atoms with Crippen molar-refractivity contribution in [3.8, 4) is 22.9 Å². The highest BCUT2D eigenvalue weighted by Gasteiger charge is 2.27. The van der Waals surface area contributed by atoms with Gasteiger partial charge in [-0.2, -0.15) is 4.98 Å². The van der Waals surface area contributed by atoms with Crippen molar-refractivity contribution in [1.82, 2.24) is 15.5 Å². The Morgan fingerprint density at radius 1 is 1.10 bits per heavy atom. The molecule has 2 atom stereocenters. The molecule has 1 heterocycles. The number of hydrogen-bond donors (Lipinski definition) is 1. The number of nitrogens with zero attached hydrogens (tertiary/aromatic N) is 2. The Kier molecular flexibility index (Phi) is 6.72. The summed E-state index contributed by atoms with van der Waals surface area (Å²) in [5.41, 5.74) is 2.42. The lowest BCUT2D eigenvalue weighted by molar-refractivity contribution is 0.0910. The van der Waals surface area contributed by atoms with E-state index in [1.807, 2.05) is 32.0 Å². The topological polar surface area (TPSA) is 86.5 Å². The van der Waals surface area contributed by atoms with Crippen LogP contribution in [0.5, 0.6) is 11.5 Å². The molecule has 0 aliphatic rings. The van der Waals surface area contributed by atoms with Gasteiger partial charge in [0.15, 0.2) is 11.5 Å². The number of hydrogen-bond acceptors (Lipinski definition) is 6. The molecule has 3 rings (SSSR count). The van der Waals surface area contributed by atoms with Crippen LogP contribution in [0, 0.1) is 12.8 Å². The lowest BCUT2D eigenvalue weighted by Crippen LogP contribution is -2.32. The molecule has 30 heavy (non-hydrogen) atoms. The number of aryl methyl sites for hydroxylation is 1. The fraction of sp³-hybridized carbons (Fsp3) is 0.348. The molecule has 1 aromatic heterocycles. The number of nitrogens with one attached hydrogen (secondary N) is 1. The predicted octanol–water partition coefficient (Wildman–Crippen LogP) is 4.58. The summed E-state index contributed by atoms with van der Waals surface area (Å²) in [6, 6.07) is 12.4. The first-order valence-electron chi connectivity index (χ1n) is 9.90. The van der Waals surface area contributed by atoms with Crippen LogP contribution >= 0.6 is 0 Å². The van der Waals surface area contributed by atoms with Crippen molar-refractivity contribution in [3.63, 3.8) is 0 Å². The van der Waals surface area contributed by atoms with Gasteiger partial charge in [-0.05, 0) is 43.2 Å². The van der Waals surface area contributed by atoms with E-state index in [0.29, 0.717) is 28.8 Å². The summed E-state index contributed by atoms with van der Waals surface area (Å²) >= 11 is 0. The fourth-order valence-electron chi connectivity index (χ4n) is 3.07. The van der Waals surface area contributed by atoms with Gasteiger partial charge in [-0.15, -0.1) is 0 Å². The lowest BCUT2D eigenvalue weighted by atomic mass is 9.98. The molecule has 0 spiro atoms. The van der Waals surface area contributed by atoms with Gasteiger partial charge in [0.25, 0.3) is 5.91 Å². The van der Waals surface area contributed by atoms with E-state index in [0.717, 1.165) is 17.5 Å². The lowest BCUT2D eigenvalue weighted by Gasteiger charge is -2.20. The minimum Gasteiger partial charge on any atom is -0.493 e. The number of rotatable bonds is 8. The maximum Gasteiger partial charge on any atom is 0.251 e. The van der Waals surface area contributed by atoms with Crippen molar-refractivity contribution in [2.75, 3.05) is 14.2 Å². The number of methoxy groups -OCH3 is 2. The van der Waals surface area contributed by atoms with Gasteiger partial charge < -0.3 is 19.3 Å². The monoisotopic (exact) mass is 409 g/mol. The van der Waals surface area contributed by atoms with E-state index >= 15 is 0 Å². The number of benzene rings is 2. The van der Waals surface area contributed by atoms with Gasteiger partial charge in [-0.3, -0.25) is 4.79 Å². The molecule has 0 radical (unpaired) electrons. The van der Waals surface area contributed by atoms with E-state index in [2.05, 4.69) is 22.4 Å². The third-order valence-corrected chi connectivity index (χ3v) is 5.16. The maximum atomic E-state index is 12.8. The van der Waals surface area contributed by atoms with Crippen molar-refractivity contribution >= 4 is 5.91 Å². The first-order chi connectivity index (χ1) is 14.5. The normalized spacial score (nSPS) is 12.8. The molecule has 2 aromatic carbocycles. The van der Waals surface area contributed by atoms with Crippen LogP contribution in [0.25, 0.3) is 11.4 Å². The minimum atomic E-state index is -0.398. The smallest absolute Gasteiger partial charge is 0.251 e. The molecule has 0 saturated heterocycles. The van der Waals surface area contributed by atoms with Crippen LogP contribution in [0.15, 0.2) is 47.0 Å². The summed E-state index contributed by atoms with van der Waals surface area (Å²) in [5, 5.41) is 7.16. The van der Waals surface area contributed by atoms with E-state index in [4.69, 9.17) is 14.0 Å². The van der Waals surface area contributed by atoms with Crippen molar-refractivity contribution < 1.29 is 18.8 Å². The zero-order valence-electron chi connectivity index (χ0n) is 17.9. The second-order valence-corrected chi connectivity index (χ2v) is 7.23. The van der Waals surface area contributed by atoms with Gasteiger partial charge in [0, 0.05) is 11.1 Å². The van der Waals surface area contributed by atoms with Crippen LogP contribution < -0.4 is 14.8 Å². The summed E-state index contributed by atoms with van der Waals surface area (Å²) in [7, 11) is 3.15. The Hall–Kier alpha value is -3.35. The van der Waals surface area contributed by atoms with Gasteiger partial charge >= 0.3 is 0 Å². The zero-order valence-corrected chi connectivity index (χ0v) is 17.9. The summed E-state index contributed by atoms with van der Waals surface area (Å²) < 4.78 is 16.2. The quantitative estimate of drug-likeness (QED) is 0.586. The van der Waals surface area contributed by atoms with Crippen LogP contribution in [-0.4, -0.2) is 30.3 Å². The first-order valence-corrected chi connectivity index (χ1v) is 9.90. The highest BCUT2D eigenvalue weighted by atomic mass is 16.5. The van der Waals surface area contributed by atoms with Crippen LogP contribution in [0.2, 0.25) is 0 Å². The molecular formula is C23H27N3O4. The molecule has 0 unspecified atom stereocenters. The van der Waals surface area contributed by atoms with Gasteiger partial charge in [0.2, 0.25) is 11.7 Å². The van der Waals surface area contributed by atoms with Gasteiger partial charge in [0.05, 0.1) is 14.2 Å². The minimum absolute atomic E-state index is 0.109. The van der Waals surface area contributed by atoms with Gasteiger partial charge in [-0.25, -0.2) is 0 Å². The van der Waals surface area contributed by atoms with E-state index < -0.39 is 6.04 Å². The summed E-state index contributed by atoms with van der Waals surface area (Å²) in [6.45, 7) is 6.08. The molecule has 158 valence electrons. The molecule has 1 amide bonds. The number of amides is 1. The average molecular weight is 409 g/mol. The SMILES string of the molecule is CC[C@@H](C)[C@H](NC(=O)c1ccc(C)cc1)c1nc(-c2ccc(OC)c(OC)c2)no1. The Morgan fingerprint density at radius 3 is 2.43 bits per heavy atom. The number of carbonyl (C=O) groups excluding carboxylic acids is 1. The largest absolute Gasteiger partial charge is 0.493 e. The molecule has 7 heteroatoms. The van der Waals surface area contributed by atoms with E-state index in [1.165, 1.54) is 0 Å². The van der Waals surface area contributed by atoms with Crippen LogP contribution in [-0.2, 0) is 0 Å². The van der Waals surface area contributed by atoms with Gasteiger partial charge in [0.1, 0.15) is 6.04 Å². The van der Waals surface area contributed by atoms with Crippen molar-refractivity contribution in [2.24, 2.45) is 5.92 Å². The van der Waals surface area contributed by atoms with Crippen LogP contribution in [0.4, 0.5) is 0 Å². The third-order valence-electron chi connectivity index (χ3n) is 5.16. The number of carbonyl (C=O) groups is 1. The maximum absolute atomic E-state index is 12.8. The molecular weight excluding hydrogens is 382 g/mol. The second kappa shape index (κ2) is 9.43. The second-order valence-electron chi connectivity index (χ2n) is 7.23. The number of ether oxygens (including phenoxy) is 2. The van der Waals surface area contributed by atoms with Crippen molar-refractivity contribution in [3.05, 3.63) is 59.5 Å². The van der Waals surface area contributed by atoms with Crippen LogP contribution in [0.1, 0.15) is 48.1 Å². The third kappa shape index (κ3) is 4.62. The Morgan fingerprint density at radius 2 is 1.80 bits per heavy atom. The molecule has 1 N–H and O–H groups in total. The summed E-state index contributed by atoms with van der Waals surface area (Å²) in [4.78, 5) is 17.3. The predicted molar refractivity (Wildman–Crippen MR) is 114 cm³/mol. The van der Waals surface area contributed by atoms with E-state index in [-0.39, 0.29) is 11.8 Å². The van der Waals surface area contributed by atoms with Crippen molar-refractivity contribution in [2.45, 2.75) is 33.2 Å². The average Bonchev–Trinajstić information content (AvgIpc) is 3.26. The molecule has 0 saturated carbocycles. The Labute approximate surface area is 176 Å². The summed E-state index contributed by atoms with van der Waals surface area (Å²) in [5.74, 6) is 1.92. The highest BCUT2D eigenvalue weighted by molar-refractivity contribution is 5.94. The Bertz CT molecular complexity index is 998. The fourth-order valence-corrected chi connectivity index (χ4v) is 3.07. The molecule has 3 aromatic rings. The standard InChI is InChI=1S/C23H27N3O4/c1-6-15(3)20(24-22(27)16-9-7-14(2)8-10-16)23-25-21(26-30-23)17-11-12-18(28-4)19(13-17)29-5/h7-13,15,20H,6H2,1-5H3,(H,24,27)/t15-,20+/m1/s1. The van der Waals surface area contributed by atoms with Gasteiger partial charge in [-0.1, -0.05) is 43.1 Å². The van der Waals surface area contributed by atoms with E-state index in [1.54, 1.807) is 38.5 Å². The van der Waals surface area contributed by atoms with E-state index in [9.17, 15) is 4.79 Å². The Balaban J connectivity index is 1.86. The molecule has 0 aliphatic carbocycles. The molecule has 0 fully saturated rings. The summed E-state index contributed by atoms with van der Waals surface area (Å²) in [6.07, 6.45) is 0.840. The molecule has 0 aliphatic heterocycles. The highest BCUT2D eigenvalue weighted by Crippen LogP contribution is 2.32. The van der Waals surface area contributed by atoms with Crippen LogP contribution in [0.3, 0.4) is 0 Å². The number of aromatic nitrogens is 2. The molecule has 7 nitrogen and oxygen atoms in total. The zero-order chi connectivity index (χ0) is 21.7. The molecule has 0 bridgehead atoms. The van der Waals surface area contributed by atoms with Crippen molar-refractivity contribution in [1.29, 1.82) is 0 Å².